The van der Waals surface area contributed by atoms with E-state index in [0.29, 0.717) is 25.2 Å². The van der Waals surface area contributed by atoms with Crippen LogP contribution in [-0.2, 0) is 4.74 Å². The van der Waals surface area contributed by atoms with Crippen LogP contribution >= 0.6 is 15.9 Å². The highest BCUT2D eigenvalue weighted by Crippen LogP contribution is 2.45. The molecule has 1 aliphatic heterocycles. The van der Waals surface area contributed by atoms with Gasteiger partial charge in [-0.25, -0.2) is 4.79 Å². The lowest BCUT2D eigenvalue weighted by molar-refractivity contribution is 0.000633. The number of piperazine rings is 1. The Bertz CT molecular complexity index is 687. The number of amides is 2. The number of ether oxygens (including phenoxy) is 1. The van der Waals surface area contributed by atoms with Crippen LogP contribution in [-0.4, -0.2) is 52.6 Å². The molecule has 2 fully saturated rings. The maximum atomic E-state index is 13.0. The van der Waals surface area contributed by atoms with E-state index in [4.69, 9.17) is 4.74 Å². The fourth-order valence-electron chi connectivity index (χ4n) is 3.36. The molecule has 5 nitrogen and oxygen atoms in total. The van der Waals surface area contributed by atoms with Crippen LogP contribution < -0.4 is 0 Å². The highest BCUT2D eigenvalue weighted by Gasteiger charge is 2.54. The third kappa shape index (κ3) is 4.00. The van der Waals surface area contributed by atoms with Gasteiger partial charge in [0, 0.05) is 29.7 Å². The summed E-state index contributed by atoms with van der Waals surface area (Å²) in [5.74, 6) is 0.0470. The fourth-order valence-corrected chi connectivity index (χ4v) is 3.97. The van der Waals surface area contributed by atoms with E-state index in [-0.39, 0.29) is 17.5 Å². The van der Waals surface area contributed by atoms with Gasteiger partial charge in [0.2, 0.25) is 0 Å². The zero-order valence-corrected chi connectivity index (χ0v) is 16.9. The molecular formula is C19H25BrN2O3. The smallest absolute Gasteiger partial charge is 0.410 e. The predicted octanol–water partition coefficient (Wildman–Crippen LogP) is 3.98. The molecule has 2 amide bonds. The summed E-state index contributed by atoms with van der Waals surface area (Å²) in [6, 6.07) is 5.78. The van der Waals surface area contributed by atoms with Crippen molar-refractivity contribution in [2.24, 2.45) is 0 Å². The number of hydrogen-bond donors (Lipinski definition) is 0. The van der Waals surface area contributed by atoms with Crippen LogP contribution in [0, 0.1) is 6.92 Å². The van der Waals surface area contributed by atoms with Crippen LogP contribution in [0.5, 0.6) is 0 Å². The van der Waals surface area contributed by atoms with Gasteiger partial charge in [-0.2, -0.15) is 0 Å². The van der Waals surface area contributed by atoms with Gasteiger partial charge in [0.1, 0.15) is 5.60 Å². The average molecular weight is 409 g/mol. The highest BCUT2D eigenvalue weighted by atomic mass is 79.9. The van der Waals surface area contributed by atoms with E-state index < -0.39 is 5.60 Å². The number of hydrogen-bond acceptors (Lipinski definition) is 3. The molecule has 25 heavy (non-hydrogen) atoms. The second-order valence-electron chi connectivity index (χ2n) is 8.10. The minimum atomic E-state index is -0.505. The van der Waals surface area contributed by atoms with Gasteiger partial charge < -0.3 is 14.5 Å². The van der Waals surface area contributed by atoms with Crippen molar-refractivity contribution in [3.63, 3.8) is 0 Å². The van der Waals surface area contributed by atoms with E-state index in [1.807, 2.05) is 50.8 Å². The summed E-state index contributed by atoms with van der Waals surface area (Å²) in [5.41, 5.74) is 1.02. The minimum Gasteiger partial charge on any atom is -0.444 e. The average Bonchev–Trinajstić information content (AvgIpc) is 3.23. The third-order valence-electron chi connectivity index (χ3n) is 4.66. The van der Waals surface area contributed by atoms with Crippen LogP contribution in [0.15, 0.2) is 22.7 Å². The summed E-state index contributed by atoms with van der Waals surface area (Å²) < 4.78 is 6.40. The van der Waals surface area contributed by atoms with Crippen LogP contribution in [0.1, 0.15) is 49.5 Å². The first-order chi connectivity index (χ1) is 11.6. The molecule has 0 unspecified atom stereocenters. The van der Waals surface area contributed by atoms with Gasteiger partial charge >= 0.3 is 6.09 Å². The second-order valence-corrected chi connectivity index (χ2v) is 9.02. The van der Waals surface area contributed by atoms with Crippen molar-refractivity contribution in [3.05, 3.63) is 33.8 Å². The Morgan fingerprint density at radius 2 is 1.84 bits per heavy atom. The number of nitrogens with zero attached hydrogens (tertiary/aromatic N) is 2. The first-order valence-electron chi connectivity index (χ1n) is 8.67. The predicted molar refractivity (Wildman–Crippen MR) is 99.7 cm³/mol. The van der Waals surface area contributed by atoms with Crippen molar-refractivity contribution in [1.29, 1.82) is 0 Å². The molecule has 3 rings (SSSR count). The van der Waals surface area contributed by atoms with Gasteiger partial charge in [0.25, 0.3) is 5.91 Å². The normalized spacial score (nSPS) is 19.1. The summed E-state index contributed by atoms with van der Waals surface area (Å²) in [7, 11) is 0. The molecule has 1 saturated heterocycles. The summed E-state index contributed by atoms with van der Waals surface area (Å²) in [6.07, 6.45) is 1.58. The van der Waals surface area contributed by atoms with E-state index in [0.717, 1.165) is 22.9 Å². The Morgan fingerprint density at radius 1 is 1.16 bits per heavy atom. The van der Waals surface area contributed by atoms with Crippen molar-refractivity contribution in [1.82, 2.24) is 9.80 Å². The molecule has 1 aromatic carbocycles. The van der Waals surface area contributed by atoms with Crippen LogP contribution in [0.2, 0.25) is 0 Å². The van der Waals surface area contributed by atoms with Crippen molar-refractivity contribution in [3.8, 4) is 0 Å². The Kier molecular flexibility index (Phi) is 4.60. The quantitative estimate of drug-likeness (QED) is 0.705. The lowest BCUT2D eigenvalue weighted by Gasteiger charge is -2.42. The van der Waals surface area contributed by atoms with Crippen molar-refractivity contribution >= 4 is 27.9 Å². The molecule has 1 aromatic rings. The highest BCUT2D eigenvalue weighted by molar-refractivity contribution is 9.10. The molecule has 6 heteroatoms. The second kappa shape index (κ2) is 6.31. The Labute approximate surface area is 157 Å². The van der Waals surface area contributed by atoms with Gasteiger partial charge in [-0.15, -0.1) is 0 Å². The monoisotopic (exact) mass is 408 g/mol. The van der Waals surface area contributed by atoms with Crippen LogP contribution in [0.4, 0.5) is 4.79 Å². The van der Waals surface area contributed by atoms with Crippen molar-refractivity contribution in [2.45, 2.75) is 51.7 Å². The first kappa shape index (κ1) is 18.2. The van der Waals surface area contributed by atoms with E-state index in [1.165, 1.54) is 0 Å². The van der Waals surface area contributed by atoms with E-state index in [9.17, 15) is 9.59 Å². The Hall–Kier alpha value is -1.56. The Balaban J connectivity index is 1.74. The molecule has 1 heterocycles. The lowest BCUT2D eigenvalue weighted by Crippen LogP contribution is -2.58. The molecule has 0 bridgehead atoms. The summed E-state index contributed by atoms with van der Waals surface area (Å²) >= 11 is 3.47. The molecule has 0 radical (unpaired) electrons. The van der Waals surface area contributed by atoms with E-state index >= 15 is 0 Å². The molecule has 0 atom stereocenters. The summed E-state index contributed by atoms with van der Waals surface area (Å²) in [6.45, 7) is 9.20. The summed E-state index contributed by atoms with van der Waals surface area (Å²) in [5, 5.41) is 0. The molecule has 2 aliphatic rings. The topological polar surface area (TPSA) is 49.9 Å². The number of carbonyl (C=O) groups is 2. The first-order valence-corrected chi connectivity index (χ1v) is 9.46. The van der Waals surface area contributed by atoms with E-state index in [1.54, 1.807) is 4.90 Å². The number of benzene rings is 1. The van der Waals surface area contributed by atoms with E-state index in [2.05, 4.69) is 15.9 Å². The summed E-state index contributed by atoms with van der Waals surface area (Å²) in [4.78, 5) is 29.1. The van der Waals surface area contributed by atoms with Gasteiger partial charge in [-0.1, -0.05) is 15.9 Å². The molecule has 136 valence electrons. The maximum Gasteiger partial charge on any atom is 0.410 e. The zero-order chi connectivity index (χ0) is 18.4. The SMILES string of the molecule is Cc1cc(Br)cc(C(=O)N2CCN(C(=O)OC(C)(C)C)CC23CC3)c1. The number of carbonyl (C=O) groups excluding carboxylic acids is 2. The molecule has 1 aliphatic carbocycles. The number of aryl methyl sites for hydroxylation is 1. The van der Waals surface area contributed by atoms with Crippen molar-refractivity contribution < 1.29 is 14.3 Å². The molecule has 1 spiro atoms. The van der Waals surface area contributed by atoms with Crippen LogP contribution in [0.25, 0.3) is 0 Å². The van der Waals surface area contributed by atoms with Crippen molar-refractivity contribution in [2.75, 3.05) is 19.6 Å². The molecule has 1 saturated carbocycles. The maximum absolute atomic E-state index is 13.0. The van der Waals surface area contributed by atoms with Gasteiger partial charge in [-0.05, 0) is 64.3 Å². The van der Waals surface area contributed by atoms with Crippen LogP contribution in [0.3, 0.4) is 0 Å². The third-order valence-corrected chi connectivity index (χ3v) is 5.12. The van der Waals surface area contributed by atoms with Gasteiger partial charge in [0.05, 0.1) is 5.54 Å². The molecule has 0 aromatic heterocycles. The zero-order valence-electron chi connectivity index (χ0n) is 15.3. The fraction of sp³-hybridized carbons (Fsp3) is 0.579. The Morgan fingerprint density at radius 3 is 2.40 bits per heavy atom. The standard InChI is InChI=1S/C19H25BrN2O3/c1-13-9-14(11-15(20)10-13)16(23)22-8-7-21(12-19(22)5-6-19)17(24)25-18(2,3)4/h9-11H,5-8,12H2,1-4H3. The molecule has 0 N–H and O–H groups in total. The largest absolute Gasteiger partial charge is 0.444 e. The van der Waals surface area contributed by atoms with Gasteiger partial charge in [0.15, 0.2) is 0 Å². The number of rotatable bonds is 1. The lowest BCUT2D eigenvalue weighted by atomic mass is 10.1. The number of halogens is 1. The van der Waals surface area contributed by atoms with Gasteiger partial charge in [-0.3, -0.25) is 4.79 Å². The minimum absolute atomic E-state index is 0.0470. The molecular weight excluding hydrogens is 384 g/mol.